The average molecular weight is 246 g/mol. The number of hydrogen-bond acceptors (Lipinski definition) is 2. The minimum atomic E-state index is 0.0783. The number of carbonyl (C=O) groups excluding carboxylic acids is 1. The summed E-state index contributed by atoms with van der Waals surface area (Å²) in [6.45, 7) is 1.77. The Morgan fingerprint density at radius 2 is 2.11 bits per heavy atom. The molecule has 0 bridgehead atoms. The van der Waals surface area contributed by atoms with E-state index in [1.807, 2.05) is 25.2 Å². The van der Waals surface area contributed by atoms with Crippen molar-refractivity contribution in [1.82, 2.24) is 10.2 Å². The number of nitrogens with one attached hydrogen (secondary N) is 1. The molecule has 1 unspecified atom stereocenters. The fourth-order valence-electron chi connectivity index (χ4n) is 2.50. The van der Waals surface area contributed by atoms with Crippen LogP contribution in [0.2, 0.25) is 0 Å². The van der Waals surface area contributed by atoms with Crippen molar-refractivity contribution in [3.8, 4) is 0 Å². The molecule has 3 heteroatoms. The van der Waals surface area contributed by atoms with Crippen LogP contribution in [0, 0.1) is 0 Å². The van der Waals surface area contributed by atoms with Crippen LogP contribution in [0.4, 0.5) is 0 Å². The van der Waals surface area contributed by atoms with Crippen molar-refractivity contribution < 1.29 is 4.79 Å². The van der Waals surface area contributed by atoms with Crippen LogP contribution in [0.15, 0.2) is 30.3 Å². The number of benzene rings is 1. The summed E-state index contributed by atoms with van der Waals surface area (Å²) in [5.41, 5.74) is 1.27. The van der Waals surface area contributed by atoms with Crippen LogP contribution in [0.1, 0.15) is 24.8 Å². The molecule has 1 amide bonds. The first-order valence-electron chi connectivity index (χ1n) is 6.79. The van der Waals surface area contributed by atoms with Gasteiger partial charge in [-0.2, -0.15) is 0 Å². The van der Waals surface area contributed by atoms with E-state index < -0.39 is 0 Å². The second-order valence-electron chi connectivity index (χ2n) is 5.02. The number of carbonyl (C=O) groups is 1. The normalized spacial score (nSPS) is 20.6. The van der Waals surface area contributed by atoms with E-state index >= 15 is 0 Å². The maximum absolute atomic E-state index is 12.0. The van der Waals surface area contributed by atoms with Gasteiger partial charge in [-0.15, -0.1) is 0 Å². The Hall–Kier alpha value is -1.35. The van der Waals surface area contributed by atoms with E-state index in [9.17, 15) is 4.79 Å². The summed E-state index contributed by atoms with van der Waals surface area (Å²) in [7, 11) is 2.04. The summed E-state index contributed by atoms with van der Waals surface area (Å²) in [5.74, 6) is 0.188. The van der Waals surface area contributed by atoms with Crippen LogP contribution in [0.3, 0.4) is 0 Å². The highest BCUT2D eigenvalue weighted by Crippen LogP contribution is 2.14. The van der Waals surface area contributed by atoms with E-state index in [1.165, 1.54) is 18.4 Å². The molecule has 18 heavy (non-hydrogen) atoms. The second kappa shape index (κ2) is 6.55. The molecule has 2 rings (SSSR count). The molecule has 3 nitrogen and oxygen atoms in total. The van der Waals surface area contributed by atoms with Gasteiger partial charge < -0.3 is 5.32 Å². The summed E-state index contributed by atoms with van der Waals surface area (Å²) >= 11 is 0. The maximum Gasteiger partial charge on any atom is 0.237 e. The number of nitrogens with zero attached hydrogens (tertiary/aromatic N) is 1. The number of likely N-dealkylation sites (tertiary alicyclic amines) is 1. The SMILES string of the molecule is CN1CCCCC1C(=O)NCCc1ccccc1. The minimum Gasteiger partial charge on any atom is -0.354 e. The van der Waals surface area contributed by atoms with Gasteiger partial charge in [0, 0.05) is 6.54 Å². The fraction of sp³-hybridized carbons (Fsp3) is 0.533. The van der Waals surface area contributed by atoms with Crippen molar-refractivity contribution in [2.45, 2.75) is 31.7 Å². The standard InChI is InChI=1S/C15H22N2O/c1-17-12-6-5-9-14(17)15(18)16-11-10-13-7-3-2-4-8-13/h2-4,7-8,14H,5-6,9-12H2,1H3,(H,16,18). The lowest BCUT2D eigenvalue weighted by atomic mass is 10.0. The lowest BCUT2D eigenvalue weighted by Crippen LogP contribution is -2.47. The molecule has 1 aromatic rings. The quantitative estimate of drug-likeness (QED) is 0.879. The van der Waals surface area contributed by atoms with Gasteiger partial charge in [0.05, 0.1) is 6.04 Å². The second-order valence-corrected chi connectivity index (χ2v) is 5.02. The Labute approximate surface area is 109 Å². The molecule has 0 aromatic heterocycles. The number of likely N-dealkylation sites (N-methyl/N-ethyl adjacent to an activating group) is 1. The van der Waals surface area contributed by atoms with Gasteiger partial charge in [-0.05, 0) is 38.4 Å². The van der Waals surface area contributed by atoms with Gasteiger partial charge in [-0.1, -0.05) is 36.8 Å². The molecule has 1 aliphatic heterocycles. The van der Waals surface area contributed by atoms with Gasteiger partial charge in [0.1, 0.15) is 0 Å². The molecular formula is C15H22N2O. The van der Waals surface area contributed by atoms with Crippen molar-refractivity contribution in [3.63, 3.8) is 0 Å². The van der Waals surface area contributed by atoms with Gasteiger partial charge in [0.25, 0.3) is 0 Å². The monoisotopic (exact) mass is 246 g/mol. The van der Waals surface area contributed by atoms with E-state index in [4.69, 9.17) is 0 Å². The molecule has 0 spiro atoms. The highest BCUT2D eigenvalue weighted by molar-refractivity contribution is 5.81. The highest BCUT2D eigenvalue weighted by Gasteiger charge is 2.25. The first-order valence-corrected chi connectivity index (χ1v) is 6.79. The van der Waals surface area contributed by atoms with Crippen LogP contribution in [-0.2, 0) is 11.2 Å². The molecule has 1 heterocycles. The fourth-order valence-corrected chi connectivity index (χ4v) is 2.50. The summed E-state index contributed by atoms with van der Waals surface area (Å²) in [6, 6.07) is 10.4. The summed E-state index contributed by atoms with van der Waals surface area (Å²) in [5, 5.41) is 3.05. The number of piperidine rings is 1. The Morgan fingerprint density at radius 1 is 1.33 bits per heavy atom. The van der Waals surface area contributed by atoms with Crippen molar-refractivity contribution in [3.05, 3.63) is 35.9 Å². The highest BCUT2D eigenvalue weighted by atomic mass is 16.2. The van der Waals surface area contributed by atoms with Crippen molar-refractivity contribution >= 4 is 5.91 Å². The summed E-state index contributed by atoms with van der Waals surface area (Å²) in [6.07, 6.45) is 4.28. The zero-order chi connectivity index (χ0) is 12.8. The van der Waals surface area contributed by atoms with Crippen molar-refractivity contribution in [2.75, 3.05) is 20.1 Å². The van der Waals surface area contributed by atoms with E-state index in [2.05, 4.69) is 22.3 Å². The molecule has 98 valence electrons. The van der Waals surface area contributed by atoms with Gasteiger partial charge in [0.15, 0.2) is 0 Å². The molecule has 1 saturated heterocycles. The van der Waals surface area contributed by atoms with Crippen LogP contribution in [0.25, 0.3) is 0 Å². The van der Waals surface area contributed by atoms with Crippen LogP contribution in [-0.4, -0.2) is 37.0 Å². The lowest BCUT2D eigenvalue weighted by molar-refractivity contribution is -0.126. The zero-order valence-corrected chi connectivity index (χ0v) is 11.1. The van der Waals surface area contributed by atoms with Crippen molar-refractivity contribution in [2.24, 2.45) is 0 Å². The van der Waals surface area contributed by atoms with E-state index in [-0.39, 0.29) is 11.9 Å². The Bertz CT molecular complexity index is 377. The largest absolute Gasteiger partial charge is 0.354 e. The predicted molar refractivity (Wildman–Crippen MR) is 73.4 cm³/mol. The van der Waals surface area contributed by atoms with Crippen LogP contribution < -0.4 is 5.32 Å². The Balaban J connectivity index is 1.74. The Kier molecular flexibility index (Phi) is 4.76. The van der Waals surface area contributed by atoms with Gasteiger partial charge in [-0.3, -0.25) is 9.69 Å². The zero-order valence-electron chi connectivity index (χ0n) is 11.1. The maximum atomic E-state index is 12.0. The predicted octanol–water partition coefficient (Wildman–Crippen LogP) is 1.83. The number of hydrogen-bond donors (Lipinski definition) is 1. The number of amides is 1. The van der Waals surface area contributed by atoms with Crippen LogP contribution in [0.5, 0.6) is 0 Å². The third-order valence-corrected chi connectivity index (χ3v) is 3.63. The smallest absolute Gasteiger partial charge is 0.237 e. The van der Waals surface area contributed by atoms with Crippen molar-refractivity contribution in [1.29, 1.82) is 0 Å². The topological polar surface area (TPSA) is 32.3 Å². The van der Waals surface area contributed by atoms with Gasteiger partial charge >= 0.3 is 0 Å². The molecule has 0 aliphatic carbocycles. The first-order chi connectivity index (χ1) is 8.77. The molecule has 0 saturated carbocycles. The third kappa shape index (κ3) is 3.57. The molecule has 1 atom stereocenters. The summed E-state index contributed by atoms with van der Waals surface area (Å²) < 4.78 is 0. The molecule has 1 aliphatic rings. The Morgan fingerprint density at radius 3 is 2.83 bits per heavy atom. The third-order valence-electron chi connectivity index (χ3n) is 3.63. The first kappa shape index (κ1) is 13.1. The van der Waals surface area contributed by atoms with E-state index in [0.717, 1.165) is 25.9 Å². The molecule has 1 aromatic carbocycles. The average Bonchev–Trinajstić information content (AvgIpc) is 2.40. The van der Waals surface area contributed by atoms with Crippen LogP contribution >= 0.6 is 0 Å². The number of rotatable bonds is 4. The van der Waals surface area contributed by atoms with E-state index in [1.54, 1.807) is 0 Å². The minimum absolute atomic E-state index is 0.0783. The van der Waals surface area contributed by atoms with Gasteiger partial charge in [0.2, 0.25) is 5.91 Å². The van der Waals surface area contributed by atoms with Gasteiger partial charge in [-0.25, -0.2) is 0 Å². The molecule has 0 radical (unpaired) electrons. The molecular weight excluding hydrogens is 224 g/mol. The molecule has 1 N–H and O–H groups in total. The molecule has 1 fully saturated rings. The lowest BCUT2D eigenvalue weighted by Gasteiger charge is -2.31. The van der Waals surface area contributed by atoms with E-state index in [0.29, 0.717) is 0 Å². The summed E-state index contributed by atoms with van der Waals surface area (Å²) in [4.78, 5) is 14.2.